The first kappa shape index (κ1) is 21.0. The SMILES string of the molecule is CCN1CCCC1CNC(=NCc1cccc(OC)c1)NCC(=O)N(C)C. The molecule has 0 aliphatic carbocycles. The fourth-order valence-corrected chi connectivity index (χ4v) is 3.19. The van der Waals surface area contributed by atoms with Crippen LogP contribution in [0, 0.1) is 0 Å². The molecular formula is C20H33N5O2. The summed E-state index contributed by atoms with van der Waals surface area (Å²) < 4.78 is 5.27. The number of amides is 1. The molecule has 1 atom stereocenters. The zero-order valence-corrected chi connectivity index (χ0v) is 17.0. The fraction of sp³-hybridized carbons (Fsp3) is 0.600. The topological polar surface area (TPSA) is 69.2 Å². The monoisotopic (exact) mass is 375 g/mol. The Morgan fingerprint density at radius 2 is 2.19 bits per heavy atom. The van der Waals surface area contributed by atoms with Crippen LogP contribution in [-0.2, 0) is 11.3 Å². The standard InChI is InChI=1S/C20H33N5O2/c1-5-25-11-7-9-17(25)14-22-20(23-15-19(26)24(2)3)21-13-16-8-6-10-18(12-16)27-4/h6,8,10,12,17H,5,7,9,11,13-15H2,1-4H3,(H2,21,22,23). The number of nitrogens with one attached hydrogen (secondary N) is 2. The second-order valence-electron chi connectivity index (χ2n) is 6.96. The lowest BCUT2D eigenvalue weighted by atomic mass is 10.2. The lowest BCUT2D eigenvalue weighted by molar-refractivity contribution is -0.127. The normalized spacial score (nSPS) is 17.6. The number of likely N-dealkylation sites (N-methyl/N-ethyl adjacent to an activating group) is 2. The summed E-state index contributed by atoms with van der Waals surface area (Å²) >= 11 is 0. The molecular weight excluding hydrogens is 342 g/mol. The molecule has 0 spiro atoms. The zero-order valence-electron chi connectivity index (χ0n) is 17.0. The minimum atomic E-state index is 0.0157. The van der Waals surface area contributed by atoms with Gasteiger partial charge >= 0.3 is 0 Å². The minimum absolute atomic E-state index is 0.0157. The molecule has 0 radical (unpaired) electrons. The highest BCUT2D eigenvalue weighted by molar-refractivity contribution is 5.86. The molecule has 1 aromatic carbocycles. The van der Waals surface area contributed by atoms with Crippen LogP contribution in [0.15, 0.2) is 29.3 Å². The van der Waals surface area contributed by atoms with Gasteiger partial charge in [-0.1, -0.05) is 19.1 Å². The van der Waals surface area contributed by atoms with Gasteiger partial charge in [0, 0.05) is 26.7 Å². The van der Waals surface area contributed by atoms with Crippen LogP contribution in [0.1, 0.15) is 25.3 Å². The van der Waals surface area contributed by atoms with Gasteiger partial charge in [-0.05, 0) is 43.6 Å². The van der Waals surface area contributed by atoms with Crippen LogP contribution >= 0.6 is 0 Å². The van der Waals surface area contributed by atoms with E-state index in [9.17, 15) is 4.79 Å². The van der Waals surface area contributed by atoms with Crippen molar-refractivity contribution in [3.05, 3.63) is 29.8 Å². The third-order valence-electron chi connectivity index (χ3n) is 4.87. The third-order valence-corrected chi connectivity index (χ3v) is 4.87. The lowest BCUT2D eigenvalue weighted by Crippen LogP contribution is -2.47. The highest BCUT2D eigenvalue weighted by atomic mass is 16.5. The summed E-state index contributed by atoms with van der Waals surface area (Å²) in [6.45, 7) is 5.99. The van der Waals surface area contributed by atoms with E-state index in [0.717, 1.165) is 30.9 Å². The van der Waals surface area contributed by atoms with E-state index in [-0.39, 0.29) is 12.5 Å². The number of aliphatic imine (C=N–C) groups is 1. The summed E-state index contributed by atoms with van der Waals surface area (Å²) in [6.07, 6.45) is 2.43. The number of hydrogen-bond donors (Lipinski definition) is 2. The van der Waals surface area contributed by atoms with Crippen molar-refractivity contribution in [2.45, 2.75) is 32.4 Å². The van der Waals surface area contributed by atoms with Gasteiger partial charge in [-0.2, -0.15) is 0 Å². The second kappa shape index (κ2) is 10.8. The highest BCUT2D eigenvalue weighted by Crippen LogP contribution is 2.16. The summed E-state index contributed by atoms with van der Waals surface area (Å²) in [5.74, 6) is 1.50. The van der Waals surface area contributed by atoms with Gasteiger partial charge in [0.15, 0.2) is 5.96 Å². The van der Waals surface area contributed by atoms with Crippen molar-refractivity contribution in [2.24, 2.45) is 4.99 Å². The molecule has 1 amide bonds. The minimum Gasteiger partial charge on any atom is -0.497 e. The number of carbonyl (C=O) groups is 1. The molecule has 0 bridgehead atoms. The number of methoxy groups -OCH3 is 1. The summed E-state index contributed by atoms with van der Waals surface area (Å²) in [7, 11) is 5.16. The molecule has 0 saturated carbocycles. The van der Waals surface area contributed by atoms with Crippen molar-refractivity contribution >= 4 is 11.9 Å². The average Bonchev–Trinajstić information content (AvgIpc) is 3.14. The Morgan fingerprint density at radius 3 is 2.89 bits per heavy atom. The Morgan fingerprint density at radius 1 is 1.37 bits per heavy atom. The zero-order chi connectivity index (χ0) is 19.6. The molecule has 1 unspecified atom stereocenters. The molecule has 1 aromatic rings. The molecule has 1 aliphatic rings. The van der Waals surface area contributed by atoms with Crippen LogP contribution in [0.3, 0.4) is 0 Å². The Kier molecular flexibility index (Phi) is 8.39. The van der Waals surface area contributed by atoms with Crippen LogP contribution in [0.2, 0.25) is 0 Å². The molecule has 2 N–H and O–H groups in total. The van der Waals surface area contributed by atoms with Crippen molar-refractivity contribution in [2.75, 3.05) is 47.4 Å². The smallest absolute Gasteiger partial charge is 0.241 e. The van der Waals surface area contributed by atoms with Crippen molar-refractivity contribution in [3.8, 4) is 5.75 Å². The van der Waals surface area contributed by atoms with E-state index in [1.54, 1.807) is 26.1 Å². The van der Waals surface area contributed by atoms with Gasteiger partial charge in [0.1, 0.15) is 5.75 Å². The van der Waals surface area contributed by atoms with Crippen molar-refractivity contribution in [3.63, 3.8) is 0 Å². The number of hydrogen-bond acceptors (Lipinski definition) is 4. The molecule has 7 nitrogen and oxygen atoms in total. The molecule has 1 heterocycles. The predicted molar refractivity (Wildman–Crippen MR) is 109 cm³/mol. The maximum Gasteiger partial charge on any atom is 0.241 e. The van der Waals surface area contributed by atoms with Gasteiger partial charge in [0.25, 0.3) is 0 Å². The Labute approximate surface area is 162 Å². The number of nitrogens with zero attached hydrogens (tertiary/aromatic N) is 3. The number of carbonyl (C=O) groups excluding carboxylic acids is 1. The summed E-state index contributed by atoms with van der Waals surface area (Å²) in [4.78, 5) is 20.6. The fourth-order valence-electron chi connectivity index (χ4n) is 3.19. The molecule has 0 aromatic heterocycles. The van der Waals surface area contributed by atoms with Crippen LogP contribution in [0.25, 0.3) is 0 Å². The first-order valence-corrected chi connectivity index (χ1v) is 9.62. The van der Waals surface area contributed by atoms with Gasteiger partial charge in [-0.25, -0.2) is 4.99 Å². The van der Waals surface area contributed by atoms with Crippen LogP contribution in [-0.4, -0.2) is 75.1 Å². The van der Waals surface area contributed by atoms with Gasteiger partial charge < -0.3 is 20.3 Å². The molecule has 1 saturated heterocycles. The third kappa shape index (κ3) is 6.75. The summed E-state index contributed by atoms with van der Waals surface area (Å²) in [5, 5.41) is 6.57. The number of guanidine groups is 1. The van der Waals surface area contributed by atoms with E-state index in [0.29, 0.717) is 18.5 Å². The predicted octanol–water partition coefficient (Wildman–Crippen LogP) is 1.30. The van der Waals surface area contributed by atoms with Crippen molar-refractivity contribution < 1.29 is 9.53 Å². The molecule has 1 fully saturated rings. The molecule has 1 aliphatic heterocycles. The summed E-state index contributed by atoms with van der Waals surface area (Å²) in [6, 6.07) is 8.38. The van der Waals surface area contributed by atoms with E-state index in [2.05, 4.69) is 27.4 Å². The number of benzene rings is 1. The van der Waals surface area contributed by atoms with E-state index in [1.165, 1.54) is 12.8 Å². The highest BCUT2D eigenvalue weighted by Gasteiger charge is 2.22. The van der Waals surface area contributed by atoms with Crippen LogP contribution in [0.5, 0.6) is 5.75 Å². The maximum absolute atomic E-state index is 11.9. The Balaban J connectivity index is 1.99. The van der Waals surface area contributed by atoms with Crippen LogP contribution < -0.4 is 15.4 Å². The number of rotatable bonds is 8. The first-order valence-electron chi connectivity index (χ1n) is 9.62. The van der Waals surface area contributed by atoms with E-state index in [1.807, 2.05) is 24.3 Å². The molecule has 150 valence electrons. The number of likely N-dealkylation sites (tertiary alicyclic amines) is 1. The Hall–Kier alpha value is -2.28. The molecule has 2 rings (SSSR count). The van der Waals surface area contributed by atoms with Gasteiger partial charge in [0.2, 0.25) is 5.91 Å². The van der Waals surface area contributed by atoms with Gasteiger partial charge in [-0.15, -0.1) is 0 Å². The van der Waals surface area contributed by atoms with E-state index < -0.39 is 0 Å². The number of ether oxygens (including phenoxy) is 1. The lowest BCUT2D eigenvalue weighted by Gasteiger charge is -2.24. The maximum atomic E-state index is 11.9. The molecule has 7 heteroatoms. The van der Waals surface area contributed by atoms with Gasteiger partial charge in [-0.3, -0.25) is 9.69 Å². The van der Waals surface area contributed by atoms with E-state index in [4.69, 9.17) is 4.74 Å². The molecule has 27 heavy (non-hydrogen) atoms. The largest absolute Gasteiger partial charge is 0.497 e. The van der Waals surface area contributed by atoms with Crippen LogP contribution in [0.4, 0.5) is 0 Å². The van der Waals surface area contributed by atoms with E-state index >= 15 is 0 Å². The van der Waals surface area contributed by atoms with Gasteiger partial charge in [0.05, 0.1) is 20.2 Å². The van der Waals surface area contributed by atoms with Crippen molar-refractivity contribution in [1.29, 1.82) is 0 Å². The summed E-state index contributed by atoms with van der Waals surface area (Å²) in [5.41, 5.74) is 1.06. The average molecular weight is 376 g/mol. The quantitative estimate of drug-likeness (QED) is 0.530. The van der Waals surface area contributed by atoms with Crippen molar-refractivity contribution in [1.82, 2.24) is 20.4 Å². The first-order chi connectivity index (χ1) is 13.0. The Bertz CT molecular complexity index is 633. The second-order valence-corrected chi connectivity index (χ2v) is 6.96.